The molecule has 0 amide bonds. The second kappa shape index (κ2) is 6.90. The van der Waals surface area contributed by atoms with Gasteiger partial charge in [0.15, 0.2) is 0 Å². The maximum atomic E-state index is 11.9. The summed E-state index contributed by atoms with van der Waals surface area (Å²) >= 11 is 0. The molecule has 1 heterocycles. The summed E-state index contributed by atoms with van der Waals surface area (Å²) in [5, 5.41) is 13.2. The Morgan fingerprint density at radius 3 is 2.60 bits per heavy atom. The van der Waals surface area contributed by atoms with Crippen molar-refractivity contribution in [3.63, 3.8) is 0 Å². The van der Waals surface area contributed by atoms with Crippen LogP contribution in [0, 0.1) is 11.8 Å². The number of carbonyl (C=O) groups is 1. The highest BCUT2D eigenvalue weighted by molar-refractivity contribution is 5.80. The molecule has 4 heteroatoms. The topological polar surface area (TPSA) is 52.6 Å². The van der Waals surface area contributed by atoms with Gasteiger partial charge in [-0.2, -0.15) is 0 Å². The Morgan fingerprint density at radius 1 is 1.30 bits per heavy atom. The van der Waals surface area contributed by atoms with Crippen LogP contribution >= 0.6 is 0 Å². The van der Waals surface area contributed by atoms with Crippen molar-refractivity contribution in [1.82, 2.24) is 10.2 Å². The largest absolute Gasteiger partial charge is 0.480 e. The minimum atomic E-state index is -0.697. The van der Waals surface area contributed by atoms with Crippen molar-refractivity contribution in [2.45, 2.75) is 57.9 Å². The fourth-order valence-electron chi connectivity index (χ4n) is 3.62. The Kier molecular flexibility index (Phi) is 5.44. The van der Waals surface area contributed by atoms with Gasteiger partial charge in [-0.25, -0.2) is 0 Å². The van der Waals surface area contributed by atoms with Crippen molar-refractivity contribution in [3.8, 4) is 0 Å². The summed E-state index contributed by atoms with van der Waals surface area (Å²) in [5.41, 5.74) is -0.697. The molecule has 0 spiro atoms. The Morgan fingerprint density at radius 2 is 2.05 bits per heavy atom. The Labute approximate surface area is 122 Å². The van der Waals surface area contributed by atoms with E-state index in [2.05, 4.69) is 24.1 Å². The lowest BCUT2D eigenvalue weighted by Gasteiger charge is -2.35. The minimum absolute atomic E-state index is 0.330. The van der Waals surface area contributed by atoms with Gasteiger partial charge in [0.1, 0.15) is 5.54 Å². The number of carboxylic acids is 1. The molecule has 2 atom stereocenters. The molecule has 1 saturated carbocycles. The number of nitrogens with one attached hydrogen (secondary N) is 1. The van der Waals surface area contributed by atoms with Crippen LogP contribution in [0.1, 0.15) is 52.4 Å². The fraction of sp³-hybridized carbons (Fsp3) is 0.938. The molecule has 20 heavy (non-hydrogen) atoms. The lowest BCUT2D eigenvalue weighted by molar-refractivity contribution is -0.147. The summed E-state index contributed by atoms with van der Waals surface area (Å²) in [7, 11) is 0. The van der Waals surface area contributed by atoms with Crippen LogP contribution in [0.3, 0.4) is 0 Å². The molecule has 0 radical (unpaired) electrons. The third-order valence-electron chi connectivity index (χ3n) is 4.89. The molecule has 2 unspecified atom stereocenters. The van der Waals surface area contributed by atoms with E-state index < -0.39 is 11.5 Å². The molecule has 4 nitrogen and oxygen atoms in total. The summed E-state index contributed by atoms with van der Waals surface area (Å²) in [6.07, 6.45) is 6.87. The second-order valence-corrected chi connectivity index (χ2v) is 6.66. The molecule has 1 saturated heterocycles. The Hall–Kier alpha value is -0.610. The molecule has 0 aromatic heterocycles. The first kappa shape index (κ1) is 15.8. The molecule has 1 aliphatic carbocycles. The van der Waals surface area contributed by atoms with Gasteiger partial charge in [0.2, 0.25) is 0 Å². The number of rotatable bonds is 9. The molecular weight excluding hydrogens is 252 g/mol. The molecule has 0 aromatic rings. The van der Waals surface area contributed by atoms with Crippen molar-refractivity contribution in [3.05, 3.63) is 0 Å². The van der Waals surface area contributed by atoms with Crippen LogP contribution in [0.25, 0.3) is 0 Å². The van der Waals surface area contributed by atoms with Crippen molar-refractivity contribution in [2.75, 3.05) is 26.2 Å². The third kappa shape index (κ3) is 3.53. The number of carboxylic acid groups (broad SMARTS) is 1. The minimum Gasteiger partial charge on any atom is -0.480 e. The lowest BCUT2D eigenvalue weighted by Crippen LogP contribution is -2.60. The molecule has 0 bridgehead atoms. The monoisotopic (exact) mass is 282 g/mol. The van der Waals surface area contributed by atoms with Crippen molar-refractivity contribution >= 4 is 5.97 Å². The number of aliphatic carboxylic acids is 1. The number of hydrogen-bond acceptors (Lipinski definition) is 3. The summed E-state index contributed by atoms with van der Waals surface area (Å²) in [6, 6.07) is 0. The lowest BCUT2D eigenvalue weighted by atomic mass is 9.92. The van der Waals surface area contributed by atoms with Gasteiger partial charge >= 0.3 is 5.97 Å². The second-order valence-electron chi connectivity index (χ2n) is 6.66. The van der Waals surface area contributed by atoms with Crippen LogP contribution in [-0.2, 0) is 4.79 Å². The first-order valence-electron chi connectivity index (χ1n) is 8.33. The SMILES string of the molecule is CCCNC(CN1CCC(CCC)C1)(C(=O)O)C1CC1. The van der Waals surface area contributed by atoms with Gasteiger partial charge in [0.25, 0.3) is 0 Å². The molecule has 2 N–H and O–H groups in total. The van der Waals surface area contributed by atoms with E-state index in [1.807, 2.05) is 0 Å². The molecule has 2 aliphatic rings. The van der Waals surface area contributed by atoms with E-state index in [4.69, 9.17) is 0 Å². The van der Waals surface area contributed by atoms with Crippen LogP contribution in [0.15, 0.2) is 0 Å². The first-order chi connectivity index (χ1) is 9.62. The number of nitrogens with zero attached hydrogens (tertiary/aromatic N) is 1. The zero-order chi connectivity index (χ0) is 14.6. The fourth-order valence-corrected chi connectivity index (χ4v) is 3.62. The summed E-state index contributed by atoms with van der Waals surface area (Å²) < 4.78 is 0. The van der Waals surface area contributed by atoms with E-state index >= 15 is 0 Å². The highest BCUT2D eigenvalue weighted by atomic mass is 16.4. The summed E-state index contributed by atoms with van der Waals surface area (Å²) in [6.45, 7) is 7.97. The van der Waals surface area contributed by atoms with Gasteiger partial charge in [-0.3, -0.25) is 4.79 Å². The van der Waals surface area contributed by atoms with E-state index in [9.17, 15) is 9.90 Å². The molecule has 1 aliphatic heterocycles. The van der Waals surface area contributed by atoms with Crippen LogP contribution < -0.4 is 5.32 Å². The molecule has 0 aromatic carbocycles. The van der Waals surface area contributed by atoms with E-state index in [0.29, 0.717) is 12.5 Å². The van der Waals surface area contributed by atoms with Crippen LogP contribution in [0.2, 0.25) is 0 Å². The Balaban J connectivity index is 1.98. The van der Waals surface area contributed by atoms with E-state index in [-0.39, 0.29) is 0 Å². The van der Waals surface area contributed by atoms with Crippen molar-refractivity contribution in [2.24, 2.45) is 11.8 Å². The Bertz CT molecular complexity index is 330. The standard InChI is InChI=1S/C16H30N2O2/c1-3-5-13-8-10-18(11-13)12-16(15(19)20,14-6-7-14)17-9-4-2/h13-14,17H,3-12H2,1-2H3,(H,19,20). The van der Waals surface area contributed by atoms with Crippen LogP contribution in [0.5, 0.6) is 0 Å². The van der Waals surface area contributed by atoms with Gasteiger partial charge < -0.3 is 15.3 Å². The highest BCUT2D eigenvalue weighted by Crippen LogP contribution is 2.41. The normalized spacial score (nSPS) is 26.6. The van der Waals surface area contributed by atoms with Gasteiger partial charge in [0, 0.05) is 13.1 Å². The first-order valence-corrected chi connectivity index (χ1v) is 8.33. The average molecular weight is 282 g/mol. The zero-order valence-corrected chi connectivity index (χ0v) is 13.0. The number of likely N-dealkylation sites (tertiary alicyclic amines) is 1. The smallest absolute Gasteiger partial charge is 0.325 e. The maximum absolute atomic E-state index is 11.9. The van der Waals surface area contributed by atoms with Gasteiger partial charge in [-0.1, -0.05) is 20.3 Å². The maximum Gasteiger partial charge on any atom is 0.325 e. The quantitative estimate of drug-likeness (QED) is 0.681. The molecule has 2 fully saturated rings. The third-order valence-corrected chi connectivity index (χ3v) is 4.89. The van der Waals surface area contributed by atoms with E-state index in [0.717, 1.165) is 44.8 Å². The van der Waals surface area contributed by atoms with Gasteiger partial charge in [0.05, 0.1) is 0 Å². The van der Waals surface area contributed by atoms with E-state index in [1.54, 1.807) is 0 Å². The zero-order valence-electron chi connectivity index (χ0n) is 13.0. The molecular formula is C16H30N2O2. The van der Waals surface area contributed by atoms with Crippen molar-refractivity contribution in [1.29, 1.82) is 0 Å². The van der Waals surface area contributed by atoms with Gasteiger partial charge in [-0.05, 0) is 57.0 Å². The predicted octanol–water partition coefficient (Wildman–Crippen LogP) is 2.34. The van der Waals surface area contributed by atoms with Crippen molar-refractivity contribution < 1.29 is 9.90 Å². The van der Waals surface area contributed by atoms with Crippen LogP contribution in [0.4, 0.5) is 0 Å². The predicted molar refractivity (Wildman–Crippen MR) is 80.8 cm³/mol. The summed E-state index contributed by atoms with van der Waals surface area (Å²) in [4.78, 5) is 14.3. The summed E-state index contributed by atoms with van der Waals surface area (Å²) in [5.74, 6) is 0.459. The number of hydrogen-bond donors (Lipinski definition) is 2. The highest BCUT2D eigenvalue weighted by Gasteiger charge is 2.52. The molecule has 2 rings (SSSR count). The van der Waals surface area contributed by atoms with E-state index in [1.165, 1.54) is 19.3 Å². The molecule has 116 valence electrons. The average Bonchev–Trinajstić information content (AvgIpc) is 3.18. The van der Waals surface area contributed by atoms with Gasteiger partial charge in [-0.15, -0.1) is 0 Å². The van der Waals surface area contributed by atoms with Crippen LogP contribution in [-0.4, -0.2) is 47.7 Å².